The number of hydrogen-bond donors (Lipinski definition) is 4. The minimum atomic E-state index is 0. The Hall–Kier alpha value is -2.26. The van der Waals surface area contributed by atoms with Gasteiger partial charge in [0.1, 0.15) is 16.6 Å². The molecule has 7 nitrogen and oxygen atoms in total. The zero-order valence-electron chi connectivity index (χ0n) is 27.9. The average Bonchev–Trinajstić information content (AvgIpc) is 3.81. The van der Waals surface area contributed by atoms with E-state index in [4.69, 9.17) is 10.4 Å². The van der Waals surface area contributed by atoms with Crippen molar-refractivity contribution >= 4 is 29.6 Å². The van der Waals surface area contributed by atoms with E-state index in [1.54, 1.807) is 11.8 Å². The molecular formula is C33H60N6OS. The van der Waals surface area contributed by atoms with Gasteiger partial charge in [-0.25, -0.2) is 4.98 Å². The molecule has 1 fully saturated rings. The minimum Gasteiger partial charge on any atom is -0.358 e. The fraction of sp³-hybridized carbons (Fsp3) is 0.606. The van der Waals surface area contributed by atoms with Gasteiger partial charge in [0.05, 0.1) is 0 Å². The zero-order chi connectivity index (χ0) is 30.7. The maximum atomic E-state index is 9.44. The molecule has 0 saturated heterocycles. The maximum Gasteiger partial charge on any atom is 0.133 e. The normalized spacial score (nSPS) is 12.2. The van der Waals surface area contributed by atoms with E-state index >= 15 is 0 Å². The summed E-state index contributed by atoms with van der Waals surface area (Å²) in [7, 11) is 2.15. The lowest BCUT2D eigenvalue weighted by molar-refractivity contribution is -0.115. The van der Waals surface area contributed by atoms with Gasteiger partial charge in [0.15, 0.2) is 0 Å². The molecule has 6 N–H and O–H groups in total. The van der Waals surface area contributed by atoms with Crippen molar-refractivity contribution in [2.24, 2.45) is 0 Å². The summed E-state index contributed by atoms with van der Waals surface area (Å²) in [5, 5.41) is 9.16. The summed E-state index contributed by atoms with van der Waals surface area (Å²) in [5.74, 6) is 2.72. The molecule has 3 rings (SSSR count). The van der Waals surface area contributed by atoms with E-state index in [0.29, 0.717) is 12.0 Å². The highest BCUT2D eigenvalue weighted by Gasteiger charge is 2.32. The molecule has 0 spiro atoms. The predicted octanol–water partition coefficient (Wildman–Crippen LogP) is 8.12. The van der Waals surface area contributed by atoms with Gasteiger partial charge in [-0.1, -0.05) is 72.7 Å². The van der Waals surface area contributed by atoms with Gasteiger partial charge >= 0.3 is 0 Å². The van der Waals surface area contributed by atoms with Crippen LogP contribution in [-0.2, 0) is 23.4 Å². The molecule has 1 aliphatic carbocycles. The Morgan fingerprint density at radius 2 is 1.61 bits per heavy atom. The van der Waals surface area contributed by atoms with E-state index in [1.165, 1.54) is 55.2 Å². The lowest BCUT2D eigenvalue weighted by Gasteiger charge is -2.28. The molecule has 1 aromatic heterocycles. The largest absolute Gasteiger partial charge is 0.358 e. The number of nitrogens with zero attached hydrogens (tertiary/aromatic N) is 2. The highest BCUT2D eigenvalue weighted by molar-refractivity contribution is 7.98. The topological polar surface area (TPSA) is 116 Å². The van der Waals surface area contributed by atoms with E-state index < -0.39 is 0 Å². The number of aryl methyl sites for hydroxylation is 1. The number of anilines is 1. The monoisotopic (exact) mass is 588 g/mol. The third-order valence-electron chi connectivity index (χ3n) is 6.05. The van der Waals surface area contributed by atoms with Gasteiger partial charge in [-0.05, 0) is 69.1 Å². The quantitative estimate of drug-likeness (QED) is 0.106. The number of pyridine rings is 1. The number of rotatable bonds is 13. The fourth-order valence-corrected chi connectivity index (χ4v) is 5.18. The lowest BCUT2D eigenvalue weighted by atomic mass is 9.97. The van der Waals surface area contributed by atoms with E-state index in [-0.39, 0.29) is 11.9 Å². The molecule has 41 heavy (non-hydrogen) atoms. The molecule has 1 heterocycles. The molecule has 0 bridgehead atoms. The van der Waals surface area contributed by atoms with Crippen LogP contribution in [0.25, 0.3) is 0 Å². The van der Waals surface area contributed by atoms with E-state index in [9.17, 15) is 4.79 Å². The van der Waals surface area contributed by atoms with Crippen molar-refractivity contribution in [3.8, 4) is 0 Å². The number of hydrazine groups is 1. The van der Waals surface area contributed by atoms with Gasteiger partial charge in [0.2, 0.25) is 0 Å². The smallest absolute Gasteiger partial charge is 0.133 e. The second-order valence-corrected chi connectivity index (χ2v) is 10.6. The fourth-order valence-electron chi connectivity index (χ4n) is 4.20. The van der Waals surface area contributed by atoms with Gasteiger partial charge in [0, 0.05) is 49.3 Å². The Morgan fingerprint density at radius 3 is 2.05 bits per heavy atom. The standard InChI is InChI=1S/C26H39N5S.C3H6O.2C2H6.H3N/c1-6-19-9-11-20(12-10-19)17-32-26-23(15-27)22(7-2)24(21-13-14-21)25(29-26)31(5)16-18(4)30-28-8-3;1-3(2)4;2*1-2;/h9-12,15,18,21,27-28,30H,6-8,13-14,16-17H2,1-5H3;1-2H3;2*1-2H3;1H3. The number of carbonyl (C=O) groups is 1. The zero-order valence-corrected chi connectivity index (χ0v) is 28.7. The van der Waals surface area contributed by atoms with Crippen LogP contribution in [0.5, 0.6) is 0 Å². The summed E-state index contributed by atoms with van der Waals surface area (Å²) in [5.41, 5.74) is 12.9. The summed E-state index contributed by atoms with van der Waals surface area (Å²) >= 11 is 1.76. The van der Waals surface area contributed by atoms with Crippen molar-refractivity contribution in [2.45, 2.75) is 118 Å². The van der Waals surface area contributed by atoms with Crippen molar-refractivity contribution in [3.05, 3.63) is 52.1 Å². The Bertz CT molecular complexity index is 988. The molecule has 2 aromatic rings. The average molecular weight is 589 g/mol. The number of nitrogens with one attached hydrogen (secondary N) is 3. The van der Waals surface area contributed by atoms with Crippen LogP contribution in [0, 0.1) is 5.41 Å². The molecule has 1 unspecified atom stereocenters. The number of aromatic nitrogens is 1. The summed E-state index contributed by atoms with van der Waals surface area (Å²) < 4.78 is 0. The Morgan fingerprint density at radius 1 is 1.07 bits per heavy atom. The molecule has 0 radical (unpaired) electrons. The van der Waals surface area contributed by atoms with Crippen molar-refractivity contribution in [3.63, 3.8) is 0 Å². The van der Waals surface area contributed by atoms with Crippen LogP contribution < -0.4 is 21.9 Å². The third-order valence-corrected chi connectivity index (χ3v) is 7.12. The molecule has 1 aromatic carbocycles. The Labute approximate surface area is 256 Å². The molecule has 0 amide bonds. The van der Waals surface area contributed by atoms with Crippen molar-refractivity contribution in [2.75, 3.05) is 25.0 Å². The summed E-state index contributed by atoms with van der Waals surface area (Å²) in [6.07, 6.45) is 5.98. The molecule has 1 saturated carbocycles. The van der Waals surface area contributed by atoms with Crippen LogP contribution in [0.3, 0.4) is 0 Å². The van der Waals surface area contributed by atoms with Crippen LogP contribution in [0.15, 0.2) is 29.3 Å². The van der Waals surface area contributed by atoms with Gasteiger partial charge in [-0.2, -0.15) is 0 Å². The minimum absolute atomic E-state index is 0. The SMILES string of the molecule is CC.CC.CC(C)=O.CCNNC(C)CN(C)c1nc(SCc2ccc(CC)cc2)c(C=N)c(CC)c1C1CC1.N. The van der Waals surface area contributed by atoms with Crippen LogP contribution in [0.1, 0.15) is 116 Å². The first-order valence-corrected chi connectivity index (χ1v) is 16.2. The highest BCUT2D eigenvalue weighted by atomic mass is 32.2. The molecular weight excluding hydrogens is 528 g/mol. The molecule has 1 atom stereocenters. The number of carbonyl (C=O) groups excluding carboxylic acids is 1. The number of ketones is 1. The number of benzene rings is 1. The highest BCUT2D eigenvalue weighted by Crippen LogP contribution is 2.47. The summed E-state index contributed by atoms with van der Waals surface area (Å²) in [4.78, 5) is 16.9. The van der Waals surface area contributed by atoms with Crippen LogP contribution in [0.4, 0.5) is 5.82 Å². The third kappa shape index (κ3) is 14.5. The molecule has 8 heteroatoms. The Kier molecular flexibility index (Phi) is 23.2. The molecule has 234 valence electrons. The van der Waals surface area contributed by atoms with E-state index in [2.05, 4.69) is 74.8 Å². The first-order chi connectivity index (χ1) is 19.2. The maximum absolute atomic E-state index is 9.44. The van der Waals surface area contributed by atoms with E-state index in [0.717, 1.165) is 48.1 Å². The van der Waals surface area contributed by atoms with Crippen LogP contribution in [0.2, 0.25) is 0 Å². The Balaban J connectivity index is 0. The van der Waals surface area contributed by atoms with Crippen LogP contribution >= 0.6 is 11.8 Å². The summed E-state index contributed by atoms with van der Waals surface area (Å²) in [6.45, 7) is 21.5. The second-order valence-electron chi connectivity index (χ2n) is 9.64. The summed E-state index contributed by atoms with van der Waals surface area (Å²) in [6, 6.07) is 9.17. The van der Waals surface area contributed by atoms with Crippen molar-refractivity contribution in [1.82, 2.24) is 22.0 Å². The molecule has 0 aliphatic heterocycles. The first-order valence-electron chi connectivity index (χ1n) is 15.2. The first kappa shape index (κ1) is 40.9. The number of likely N-dealkylation sites (N-methyl/N-ethyl adjacent to an activating group) is 1. The lowest BCUT2D eigenvalue weighted by Crippen LogP contribution is -2.45. The van der Waals surface area contributed by atoms with Gasteiger partial charge in [0.25, 0.3) is 0 Å². The number of thioether (sulfide) groups is 1. The molecule has 1 aliphatic rings. The number of hydrogen-bond acceptors (Lipinski definition) is 8. The van der Waals surface area contributed by atoms with Gasteiger partial charge in [-0.15, -0.1) is 11.8 Å². The second kappa shape index (κ2) is 23.3. The van der Waals surface area contributed by atoms with Gasteiger partial charge < -0.3 is 21.3 Å². The van der Waals surface area contributed by atoms with Crippen molar-refractivity contribution in [1.29, 1.82) is 5.41 Å². The van der Waals surface area contributed by atoms with Gasteiger partial charge in [-0.3, -0.25) is 10.9 Å². The van der Waals surface area contributed by atoms with E-state index in [1.807, 2.05) is 27.7 Å². The predicted molar refractivity (Wildman–Crippen MR) is 182 cm³/mol. The van der Waals surface area contributed by atoms with Crippen LogP contribution in [-0.4, -0.2) is 43.2 Å². The van der Waals surface area contributed by atoms with Crippen molar-refractivity contribution < 1.29 is 4.79 Å². The number of Topliss-reactive ketones (excluding diaryl/α,β-unsaturated/α-hetero) is 1.